The van der Waals surface area contributed by atoms with Crippen LogP contribution in [0.25, 0.3) is 0 Å². The van der Waals surface area contributed by atoms with Gasteiger partial charge in [-0.2, -0.15) is 0 Å². The van der Waals surface area contributed by atoms with E-state index in [0.717, 1.165) is 0 Å². The number of ether oxygens (including phenoxy) is 1. The maximum Gasteiger partial charge on any atom is 0.310 e. The van der Waals surface area contributed by atoms with Crippen LogP contribution >= 0.6 is 11.6 Å². The third-order valence-corrected chi connectivity index (χ3v) is 2.11. The van der Waals surface area contributed by atoms with E-state index in [1.165, 1.54) is 13.2 Å². The van der Waals surface area contributed by atoms with Gasteiger partial charge in [-0.15, -0.1) is 0 Å². The van der Waals surface area contributed by atoms with Gasteiger partial charge in [-0.05, 0) is 17.7 Å². The van der Waals surface area contributed by atoms with Gasteiger partial charge in [0.15, 0.2) is 0 Å². The second-order valence-electron chi connectivity index (χ2n) is 2.83. The number of carbonyl (C=O) groups excluding carboxylic acids is 1. The molecule has 0 heterocycles. The molecule has 0 aliphatic rings. The lowest BCUT2D eigenvalue weighted by Crippen LogP contribution is -2.07. The summed E-state index contributed by atoms with van der Waals surface area (Å²) >= 11 is 5.79. The minimum absolute atomic E-state index is 0.0765. The Kier molecular flexibility index (Phi) is 3.19. The molecule has 1 aromatic rings. The second kappa shape index (κ2) is 4.19. The molecule has 0 fully saturated rings. The number of halogens is 1. The van der Waals surface area contributed by atoms with E-state index in [4.69, 9.17) is 23.1 Å². The molecule has 76 valence electrons. The number of rotatable bonds is 2. The van der Waals surface area contributed by atoms with Gasteiger partial charge < -0.3 is 16.2 Å². The number of methoxy groups -OCH3 is 1. The summed E-state index contributed by atoms with van der Waals surface area (Å²) in [6.45, 7) is 0. The number of esters is 1. The van der Waals surface area contributed by atoms with Gasteiger partial charge in [0.25, 0.3) is 0 Å². The molecule has 4 N–H and O–H groups in total. The topological polar surface area (TPSA) is 78.3 Å². The van der Waals surface area contributed by atoms with Crippen molar-refractivity contribution in [3.8, 4) is 0 Å². The highest BCUT2D eigenvalue weighted by Crippen LogP contribution is 2.26. The van der Waals surface area contributed by atoms with Crippen LogP contribution in [0.4, 0.5) is 11.4 Å². The molecule has 4 nitrogen and oxygen atoms in total. The highest BCUT2D eigenvalue weighted by molar-refractivity contribution is 6.33. The Morgan fingerprint density at radius 2 is 2.14 bits per heavy atom. The lowest BCUT2D eigenvalue weighted by Gasteiger charge is -2.07. The number of anilines is 2. The van der Waals surface area contributed by atoms with Gasteiger partial charge in [-0.3, -0.25) is 4.79 Å². The van der Waals surface area contributed by atoms with Crippen LogP contribution in [0.3, 0.4) is 0 Å². The summed E-state index contributed by atoms with van der Waals surface area (Å²) in [5, 5.41) is 0.351. The van der Waals surface area contributed by atoms with Crippen molar-refractivity contribution >= 4 is 28.9 Å². The van der Waals surface area contributed by atoms with Gasteiger partial charge in [0, 0.05) is 5.69 Å². The molecule has 14 heavy (non-hydrogen) atoms. The first kappa shape index (κ1) is 10.7. The van der Waals surface area contributed by atoms with E-state index < -0.39 is 0 Å². The highest BCUT2D eigenvalue weighted by atomic mass is 35.5. The molecule has 0 saturated carbocycles. The summed E-state index contributed by atoms with van der Waals surface area (Å²) in [5.74, 6) is -0.377. The Morgan fingerprint density at radius 1 is 1.50 bits per heavy atom. The highest BCUT2D eigenvalue weighted by Gasteiger charge is 2.09. The van der Waals surface area contributed by atoms with Crippen LogP contribution in [-0.2, 0) is 16.0 Å². The van der Waals surface area contributed by atoms with Crippen molar-refractivity contribution in [1.82, 2.24) is 0 Å². The van der Waals surface area contributed by atoms with Crippen molar-refractivity contribution in [3.05, 3.63) is 22.7 Å². The van der Waals surface area contributed by atoms with E-state index in [1.54, 1.807) is 6.07 Å². The minimum atomic E-state index is -0.377. The molecule has 0 bridgehead atoms. The van der Waals surface area contributed by atoms with Crippen LogP contribution in [0.15, 0.2) is 12.1 Å². The fraction of sp³-hybridized carbons (Fsp3) is 0.222. The molecular formula is C9H11ClN2O2. The van der Waals surface area contributed by atoms with E-state index in [2.05, 4.69) is 4.74 Å². The zero-order chi connectivity index (χ0) is 10.7. The van der Waals surface area contributed by atoms with E-state index >= 15 is 0 Å². The van der Waals surface area contributed by atoms with E-state index in [0.29, 0.717) is 22.0 Å². The zero-order valence-corrected chi connectivity index (χ0v) is 8.47. The molecule has 1 rings (SSSR count). The van der Waals surface area contributed by atoms with Crippen molar-refractivity contribution in [2.24, 2.45) is 0 Å². The fourth-order valence-corrected chi connectivity index (χ4v) is 1.32. The lowest BCUT2D eigenvalue weighted by atomic mass is 10.1. The van der Waals surface area contributed by atoms with Gasteiger partial charge in [0.1, 0.15) is 0 Å². The van der Waals surface area contributed by atoms with Gasteiger partial charge in [0.2, 0.25) is 0 Å². The first-order valence-corrected chi connectivity index (χ1v) is 4.32. The Labute approximate surface area is 86.8 Å². The van der Waals surface area contributed by atoms with Crippen LogP contribution in [0, 0.1) is 0 Å². The summed E-state index contributed by atoms with van der Waals surface area (Å²) < 4.78 is 4.51. The molecule has 0 unspecified atom stereocenters. The predicted molar refractivity (Wildman–Crippen MR) is 56.0 cm³/mol. The summed E-state index contributed by atoms with van der Waals surface area (Å²) in [6.07, 6.45) is 0.0765. The molecule has 0 aromatic heterocycles. The number of nitrogen functional groups attached to an aromatic ring is 2. The number of carbonyl (C=O) groups is 1. The van der Waals surface area contributed by atoms with Crippen LogP contribution in [-0.4, -0.2) is 13.1 Å². The largest absolute Gasteiger partial charge is 0.469 e. The molecule has 0 amide bonds. The van der Waals surface area contributed by atoms with Crippen LogP contribution in [0.5, 0.6) is 0 Å². The van der Waals surface area contributed by atoms with Crippen molar-refractivity contribution in [1.29, 1.82) is 0 Å². The fourth-order valence-electron chi connectivity index (χ4n) is 1.07. The number of hydrogen-bond donors (Lipinski definition) is 2. The smallest absolute Gasteiger partial charge is 0.310 e. The Bertz CT molecular complexity index is 366. The molecular weight excluding hydrogens is 204 g/mol. The van der Waals surface area contributed by atoms with Crippen molar-refractivity contribution < 1.29 is 9.53 Å². The minimum Gasteiger partial charge on any atom is -0.469 e. The summed E-state index contributed by atoms with van der Waals surface area (Å²) in [4.78, 5) is 11.0. The van der Waals surface area contributed by atoms with Gasteiger partial charge in [-0.25, -0.2) is 0 Å². The molecule has 1 aromatic carbocycles. The van der Waals surface area contributed by atoms with Gasteiger partial charge in [-0.1, -0.05) is 11.6 Å². The quantitative estimate of drug-likeness (QED) is 0.573. The second-order valence-corrected chi connectivity index (χ2v) is 3.24. The number of nitrogens with two attached hydrogens (primary N) is 2. The standard InChI is InChI=1S/C9H11ClN2O2/c1-14-8(13)3-5-2-6(11)4-7(10)9(5)12/h2,4H,3,11-12H2,1H3. The van der Waals surface area contributed by atoms with Gasteiger partial charge in [0.05, 0.1) is 24.2 Å². The summed E-state index contributed by atoms with van der Waals surface area (Å²) in [7, 11) is 1.31. The molecule has 0 spiro atoms. The SMILES string of the molecule is COC(=O)Cc1cc(N)cc(Cl)c1N. The van der Waals surface area contributed by atoms with Crippen molar-refractivity contribution in [3.63, 3.8) is 0 Å². The number of benzene rings is 1. The molecule has 5 heteroatoms. The third kappa shape index (κ3) is 2.29. The third-order valence-electron chi connectivity index (χ3n) is 1.80. The Hall–Kier alpha value is -1.42. The molecule has 0 radical (unpaired) electrons. The normalized spacial score (nSPS) is 9.86. The predicted octanol–water partition coefficient (Wildman–Crippen LogP) is 1.22. The van der Waals surface area contributed by atoms with Crippen molar-refractivity contribution in [2.75, 3.05) is 18.6 Å². The van der Waals surface area contributed by atoms with Crippen molar-refractivity contribution in [2.45, 2.75) is 6.42 Å². The number of hydrogen-bond acceptors (Lipinski definition) is 4. The first-order valence-electron chi connectivity index (χ1n) is 3.94. The first-order chi connectivity index (χ1) is 6.54. The van der Waals surface area contributed by atoms with Crippen LogP contribution in [0.2, 0.25) is 5.02 Å². The Morgan fingerprint density at radius 3 is 2.71 bits per heavy atom. The molecule has 0 atom stereocenters. The van der Waals surface area contributed by atoms with Gasteiger partial charge >= 0.3 is 5.97 Å². The molecule has 0 aliphatic carbocycles. The maximum absolute atomic E-state index is 11.0. The van der Waals surface area contributed by atoms with E-state index in [9.17, 15) is 4.79 Å². The average molecular weight is 215 g/mol. The monoisotopic (exact) mass is 214 g/mol. The summed E-state index contributed by atoms with van der Waals surface area (Å²) in [5.41, 5.74) is 12.6. The zero-order valence-electron chi connectivity index (χ0n) is 7.71. The van der Waals surface area contributed by atoms with Crippen LogP contribution < -0.4 is 11.5 Å². The maximum atomic E-state index is 11.0. The van der Waals surface area contributed by atoms with Crippen LogP contribution in [0.1, 0.15) is 5.56 Å². The molecule has 0 saturated heterocycles. The molecule has 0 aliphatic heterocycles. The average Bonchev–Trinajstić information content (AvgIpc) is 2.13. The van der Waals surface area contributed by atoms with E-state index in [1.807, 2.05) is 0 Å². The summed E-state index contributed by atoms with van der Waals surface area (Å²) in [6, 6.07) is 3.15. The Balaban J connectivity index is 3.02. The van der Waals surface area contributed by atoms with E-state index in [-0.39, 0.29) is 12.4 Å². The lowest BCUT2D eigenvalue weighted by molar-refractivity contribution is -0.139.